The van der Waals surface area contributed by atoms with Crippen LogP contribution in [0.15, 0.2) is 6.08 Å². The largest absolute Gasteiger partial charge is 0.312 e. The molecule has 1 N–H and O–H groups in total. The first-order valence-electron chi connectivity index (χ1n) is 19.4. The molecular formula is C47H33N. The van der Waals surface area contributed by atoms with Gasteiger partial charge in [0.25, 0.3) is 0 Å². The second-order valence-corrected chi connectivity index (χ2v) is 18.6. The Kier molecular flexibility index (Phi) is 2.88. The number of nitrogens with one attached hydrogen (secondary N) is 1. The molecule has 8 unspecified atom stereocenters. The molecule has 0 radical (unpaired) electrons. The van der Waals surface area contributed by atoms with Gasteiger partial charge in [0.2, 0.25) is 0 Å². The molecule has 1 spiro atoms. The van der Waals surface area contributed by atoms with Crippen LogP contribution in [-0.2, 0) is 5.41 Å². The van der Waals surface area contributed by atoms with Crippen LogP contribution in [0.4, 0.5) is 0 Å². The maximum atomic E-state index is 4.28. The van der Waals surface area contributed by atoms with Crippen LogP contribution in [0.3, 0.4) is 0 Å². The molecule has 0 aromatic heterocycles. The number of fused-ring (bicyclic) bond motifs is 4. The van der Waals surface area contributed by atoms with E-state index in [1.165, 1.54) is 38.5 Å². The Balaban J connectivity index is 1.25. The molecule has 9 atom stereocenters. The zero-order valence-electron chi connectivity index (χ0n) is 27.4. The lowest BCUT2D eigenvalue weighted by atomic mass is 9.47. The Morgan fingerprint density at radius 1 is 0.667 bits per heavy atom. The van der Waals surface area contributed by atoms with E-state index in [1.807, 2.05) is 45.7 Å². The lowest BCUT2D eigenvalue weighted by Gasteiger charge is -2.54. The van der Waals surface area contributed by atoms with Gasteiger partial charge in [-0.1, -0.05) is 25.2 Å². The first kappa shape index (κ1) is 22.7. The van der Waals surface area contributed by atoms with Gasteiger partial charge in [-0.05, 0) is 206 Å². The molecule has 48 heavy (non-hydrogen) atoms. The van der Waals surface area contributed by atoms with Crippen LogP contribution in [0.1, 0.15) is 139 Å². The number of benzene rings is 5. The molecule has 9 aliphatic carbocycles. The second-order valence-electron chi connectivity index (χ2n) is 18.6. The summed E-state index contributed by atoms with van der Waals surface area (Å²) in [7, 11) is 0. The fourth-order valence-corrected chi connectivity index (χ4v) is 17.3. The molecule has 226 valence electrons. The SMILES string of the molecule is CC#CCC1NC[C@@]23c4c5c6c7c8c9c%10c%11c(c%12c%13c%14c%15c%16c(c4c4c6c9c(c%11%13)c%154)C2CCC%16C%14CC=%12)=CCC%10C8=CCC7C5CC13C. The predicted octanol–water partition coefficient (Wildman–Crippen LogP) is 8.90. The Bertz CT molecular complexity index is 3180. The first-order valence-corrected chi connectivity index (χ1v) is 19.4. The molecule has 0 amide bonds. The molecule has 1 aliphatic heterocycles. The Morgan fingerprint density at radius 3 is 2.29 bits per heavy atom. The zero-order valence-corrected chi connectivity index (χ0v) is 27.4. The van der Waals surface area contributed by atoms with E-state index in [4.69, 9.17) is 0 Å². The van der Waals surface area contributed by atoms with Crippen LogP contribution < -0.4 is 15.8 Å². The Hall–Kier alpha value is -3.86. The highest BCUT2D eigenvalue weighted by Gasteiger charge is 2.71. The van der Waals surface area contributed by atoms with E-state index in [0.29, 0.717) is 41.5 Å². The topological polar surface area (TPSA) is 12.0 Å². The molecule has 7 aromatic rings. The van der Waals surface area contributed by atoms with Crippen molar-refractivity contribution in [2.24, 2.45) is 5.41 Å². The fourth-order valence-electron chi connectivity index (χ4n) is 17.3. The van der Waals surface area contributed by atoms with Gasteiger partial charge in [0.05, 0.1) is 0 Å². The molecule has 0 bridgehead atoms. The van der Waals surface area contributed by atoms with Crippen molar-refractivity contribution in [3.05, 3.63) is 61.0 Å². The summed E-state index contributed by atoms with van der Waals surface area (Å²) in [5.41, 5.74) is 16.8. The third-order valence-corrected chi connectivity index (χ3v) is 18.2. The molecule has 0 saturated carbocycles. The predicted molar refractivity (Wildman–Crippen MR) is 196 cm³/mol. The summed E-state index contributed by atoms with van der Waals surface area (Å²) in [6.07, 6.45) is 17.0. The van der Waals surface area contributed by atoms with Crippen molar-refractivity contribution in [3.63, 3.8) is 0 Å². The number of hydrogen-bond acceptors (Lipinski definition) is 1. The quantitative estimate of drug-likeness (QED) is 0.144. The van der Waals surface area contributed by atoms with Crippen molar-refractivity contribution in [2.45, 2.75) is 106 Å². The zero-order chi connectivity index (χ0) is 30.2. The molecule has 1 heterocycles. The molecular weight excluding hydrogens is 579 g/mol. The summed E-state index contributed by atoms with van der Waals surface area (Å²) < 4.78 is 0. The van der Waals surface area contributed by atoms with Gasteiger partial charge >= 0.3 is 0 Å². The van der Waals surface area contributed by atoms with Gasteiger partial charge < -0.3 is 5.32 Å². The van der Waals surface area contributed by atoms with Crippen LogP contribution in [0.2, 0.25) is 0 Å². The minimum atomic E-state index is 0.190. The highest BCUT2D eigenvalue weighted by atomic mass is 15.0. The van der Waals surface area contributed by atoms with E-state index in [1.54, 1.807) is 86.4 Å². The number of hydrogen-bond donors (Lipinski definition) is 1. The van der Waals surface area contributed by atoms with E-state index < -0.39 is 0 Å². The normalized spacial score (nSPS) is 38.3. The summed E-state index contributed by atoms with van der Waals surface area (Å²) in [5, 5.41) is 28.5. The Morgan fingerprint density at radius 2 is 1.40 bits per heavy atom. The molecule has 1 fully saturated rings. The third kappa shape index (κ3) is 1.62. The smallest absolute Gasteiger partial charge is 0.0248 e. The Labute approximate surface area is 277 Å². The van der Waals surface area contributed by atoms with Crippen LogP contribution in [0.5, 0.6) is 0 Å². The van der Waals surface area contributed by atoms with Gasteiger partial charge in [0.15, 0.2) is 0 Å². The van der Waals surface area contributed by atoms with E-state index in [2.05, 4.69) is 42.3 Å². The maximum Gasteiger partial charge on any atom is 0.0248 e. The summed E-state index contributed by atoms with van der Waals surface area (Å²) in [6.45, 7) is 5.97. The van der Waals surface area contributed by atoms with Gasteiger partial charge in [0.1, 0.15) is 0 Å². The van der Waals surface area contributed by atoms with Gasteiger partial charge in [0, 0.05) is 30.3 Å². The van der Waals surface area contributed by atoms with Gasteiger partial charge in [-0.15, -0.1) is 11.8 Å². The van der Waals surface area contributed by atoms with E-state index in [-0.39, 0.29) is 10.8 Å². The van der Waals surface area contributed by atoms with Crippen LogP contribution >= 0.6 is 0 Å². The standard InChI is InChI=1S/C47H33N/c1-3-4-5-25-46(2)14-23-22-11-10-19-18-7-6-16-17-8-9-20-21-12-13-24-34-32(21)37-29(20)28(17)35-26(16)27(18)36-30(19)31(22)38-33(23)45(47(24,46)15-48-25)44(34)43-41(37)39(35)40(36)42(38)43/h6,8,10,18,20-25,48H,5,7,9,11-15H2,1-2H3/t18?,20?,21?,22?,23?,24?,25?,46?,47-/m0/s1. The van der Waals surface area contributed by atoms with Crippen LogP contribution in [-0.4, -0.2) is 12.6 Å². The monoisotopic (exact) mass is 611 g/mol. The van der Waals surface area contributed by atoms with Crippen LogP contribution in [0.25, 0.3) is 82.4 Å². The first-order chi connectivity index (χ1) is 23.7. The lowest BCUT2D eigenvalue weighted by Crippen LogP contribution is -2.52. The van der Waals surface area contributed by atoms with Crippen molar-refractivity contribution < 1.29 is 0 Å². The average molecular weight is 612 g/mol. The minimum absolute atomic E-state index is 0.190. The highest BCUT2D eigenvalue weighted by molar-refractivity contribution is 6.52. The third-order valence-electron chi connectivity index (χ3n) is 18.2. The fraction of sp³-hybridized carbons (Fsp3) is 0.404. The summed E-state index contributed by atoms with van der Waals surface area (Å²) in [4.78, 5) is 0. The molecule has 17 rings (SSSR count). The molecule has 7 aromatic carbocycles. The molecule has 1 heteroatoms. The van der Waals surface area contributed by atoms with Crippen molar-refractivity contribution >= 4 is 82.4 Å². The molecule has 1 nitrogen and oxygen atoms in total. The second kappa shape index (κ2) is 6.09. The minimum Gasteiger partial charge on any atom is -0.312 e. The van der Waals surface area contributed by atoms with Crippen molar-refractivity contribution in [3.8, 4) is 11.8 Å². The van der Waals surface area contributed by atoms with Crippen molar-refractivity contribution in [1.29, 1.82) is 0 Å². The lowest BCUT2D eigenvalue weighted by molar-refractivity contribution is 0.0889. The van der Waals surface area contributed by atoms with Gasteiger partial charge in [-0.25, -0.2) is 0 Å². The molecule has 10 aliphatic rings. The molecule has 1 saturated heterocycles. The van der Waals surface area contributed by atoms with Gasteiger partial charge in [-0.3, -0.25) is 0 Å². The van der Waals surface area contributed by atoms with E-state index >= 15 is 0 Å². The maximum absolute atomic E-state index is 4.28. The number of allylic oxidation sites excluding steroid dienone is 2. The summed E-state index contributed by atoms with van der Waals surface area (Å²) in [5.74, 6) is 10.8. The van der Waals surface area contributed by atoms with Crippen molar-refractivity contribution in [1.82, 2.24) is 5.32 Å². The van der Waals surface area contributed by atoms with E-state index in [9.17, 15) is 0 Å². The highest BCUT2D eigenvalue weighted by Crippen LogP contribution is 2.80. The van der Waals surface area contributed by atoms with E-state index in [0.717, 1.165) is 13.0 Å². The summed E-state index contributed by atoms with van der Waals surface area (Å²) >= 11 is 0. The summed E-state index contributed by atoms with van der Waals surface area (Å²) in [6, 6.07) is 0.471. The van der Waals surface area contributed by atoms with Crippen molar-refractivity contribution in [2.75, 3.05) is 6.54 Å². The number of rotatable bonds is 1. The average Bonchev–Trinajstić information content (AvgIpc) is 3.94. The van der Waals surface area contributed by atoms with Gasteiger partial charge in [-0.2, -0.15) is 0 Å². The van der Waals surface area contributed by atoms with Crippen LogP contribution in [0, 0.1) is 17.3 Å².